The topological polar surface area (TPSA) is 57.4 Å². The van der Waals surface area contributed by atoms with E-state index in [9.17, 15) is 0 Å². The summed E-state index contributed by atoms with van der Waals surface area (Å²) in [6, 6.07) is 16.9. The summed E-state index contributed by atoms with van der Waals surface area (Å²) in [5, 5.41) is 0. The number of fused-ring (bicyclic) bond motifs is 2. The quantitative estimate of drug-likeness (QED) is 0.457. The number of rotatable bonds is 4. The Morgan fingerprint density at radius 2 is 1.17 bits per heavy atom. The molecule has 4 aromatic rings. The number of aromatic amines is 2. The average molecular weight is 397 g/mol. The predicted octanol–water partition coefficient (Wildman–Crippen LogP) is 5.81. The molecule has 30 heavy (non-hydrogen) atoms. The van der Waals surface area contributed by atoms with Crippen LogP contribution in [0.25, 0.3) is 22.1 Å². The molecule has 0 amide bonds. The first kappa shape index (κ1) is 17.1. The summed E-state index contributed by atoms with van der Waals surface area (Å²) in [6.45, 7) is 0. The van der Waals surface area contributed by atoms with Crippen LogP contribution in [0.15, 0.2) is 48.5 Å². The van der Waals surface area contributed by atoms with Crippen LogP contribution in [0, 0.1) is 22.7 Å². The zero-order valence-corrected chi connectivity index (χ0v) is 17.3. The molecule has 4 aliphatic carbocycles. The molecule has 0 atom stereocenters. The monoisotopic (exact) mass is 396 g/mol. The maximum Gasteiger partial charge on any atom is 0.107 e. The number of hydrogen-bond acceptors (Lipinski definition) is 2. The fraction of sp³-hybridized carbons (Fsp3) is 0.462. The molecule has 2 heterocycles. The van der Waals surface area contributed by atoms with Crippen LogP contribution in [-0.2, 0) is 12.8 Å². The lowest BCUT2D eigenvalue weighted by Gasteiger charge is -2.62. The van der Waals surface area contributed by atoms with Gasteiger partial charge in [-0.2, -0.15) is 0 Å². The molecule has 4 fully saturated rings. The van der Waals surface area contributed by atoms with E-state index in [1.54, 1.807) is 0 Å². The largest absolute Gasteiger partial charge is 0.342 e. The van der Waals surface area contributed by atoms with Crippen LogP contribution in [0.2, 0.25) is 0 Å². The van der Waals surface area contributed by atoms with Crippen LogP contribution in [0.4, 0.5) is 0 Å². The lowest BCUT2D eigenvalue weighted by atomic mass is 9.43. The summed E-state index contributed by atoms with van der Waals surface area (Å²) in [4.78, 5) is 17.1. The van der Waals surface area contributed by atoms with E-state index >= 15 is 0 Å². The number of para-hydroxylation sites is 4. The van der Waals surface area contributed by atoms with E-state index in [0.29, 0.717) is 10.8 Å². The molecule has 4 aliphatic rings. The predicted molar refractivity (Wildman–Crippen MR) is 119 cm³/mol. The van der Waals surface area contributed by atoms with Gasteiger partial charge in [0.2, 0.25) is 0 Å². The number of hydrogen-bond donors (Lipinski definition) is 2. The fourth-order valence-electron chi connectivity index (χ4n) is 7.95. The summed E-state index contributed by atoms with van der Waals surface area (Å²) >= 11 is 0. The minimum atomic E-state index is 0.421. The second-order valence-corrected chi connectivity index (χ2v) is 10.7. The van der Waals surface area contributed by atoms with E-state index in [4.69, 9.17) is 9.97 Å². The zero-order chi connectivity index (χ0) is 19.8. The Morgan fingerprint density at radius 1 is 0.700 bits per heavy atom. The molecular formula is C26H28N4. The van der Waals surface area contributed by atoms with Gasteiger partial charge in [0, 0.05) is 12.8 Å². The van der Waals surface area contributed by atoms with E-state index in [2.05, 4.69) is 58.5 Å². The Hall–Kier alpha value is -2.62. The number of nitrogens with zero attached hydrogens (tertiary/aromatic N) is 2. The first-order chi connectivity index (χ1) is 14.7. The number of aromatic nitrogens is 4. The van der Waals surface area contributed by atoms with Crippen molar-refractivity contribution in [2.45, 2.75) is 51.4 Å². The fourth-order valence-corrected chi connectivity index (χ4v) is 7.95. The van der Waals surface area contributed by atoms with Crippen LogP contribution in [0.5, 0.6) is 0 Å². The van der Waals surface area contributed by atoms with E-state index in [1.165, 1.54) is 61.2 Å². The maximum absolute atomic E-state index is 4.95. The second-order valence-electron chi connectivity index (χ2n) is 10.7. The van der Waals surface area contributed by atoms with Crippen molar-refractivity contribution in [3.8, 4) is 0 Å². The molecule has 2 aromatic carbocycles. The van der Waals surface area contributed by atoms with Gasteiger partial charge in [0.1, 0.15) is 11.6 Å². The average Bonchev–Trinajstić information content (AvgIpc) is 3.28. The van der Waals surface area contributed by atoms with Crippen molar-refractivity contribution in [3.63, 3.8) is 0 Å². The lowest BCUT2D eigenvalue weighted by Crippen LogP contribution is -2.53. The van der Waals surface area contributed by atoms with Crippen LogP contribution in [0.3, 0.4) is 0 Å². The van der Waals surface area contributed by atoms with Crippen molar-refractivity contribution >= 4 is 22.1 Å². The molecule has 0 saturated heterocycles. The second kappa shape index (κ2) is 5.96. The molecule has 0 radical (unpaired) electrons. The zero-order valence-electron chi connectivity index (χ0n) is 17.3. The lowest BCUT2D eigenvalue weighted by molar-refractivity contribution is -0.111. The molecule has 4 bridgehead atoms. The molecule has 4 saturated carbocycles. The van der Waals surface area contributed by atoms with Crippen LogP contribution in [-0.4, -0.2) is 19.9 Å². The molecule has 0 spiro atoms. The summed E-state index contributed by atoms with van der Waals surface area (Å²) in [6.07, 6.45) is 10.6. The summed E-state index contributed by atoms with van der Waals surface area (Å²) in [7, 11) is 0. The molecule has 8 rings (SSSR count). The van der Waals surface area contributed by atoms with Gasteiger partial charge in [0.15, 0.2) is 0 Å². The molecule has 2 N–H and O–H groups in total. The van der Waals surface area contributed by atoms with Gasteiger partial charge in [-0.25, -0.2) is 9.97 Å². The number of imidazole rings is 2. The highest BCUT2D eigenvalue weighted by Crippen LogP contribution is 2.66. The molecule has 152 valence electrons. The van der Waals surface area contributed by atoms with Crippen molar-refractivity contribution < 1.29 is 0 Å². The smallest absolute Gasteiger partial charge is 0.107 e. The Morgan fingerprint density at radius 3 is 1.63 bits per heavy atom. The standard InChI is InChI=1S/C26H28N4/c1-2-6-20-19(5-1)27-23(28-20)14-25-10-17-9-18(11-25)13-26(12-17,16-25)15-24-29-21-7-3-4-8-22(21)30-24/h1-8,17-18H,9-16H2,(H,27,28)(H,29,30). The number of nitrogens with one attached hydrogen (secondary N) is 2. The molecule has 0 aliphatic heterocycles. The van der Waals surface area contributed by atoms with Crippen molar-refractivity contribution in [2.75, 3.05) is 0 Å². The van der Waals surface area contributed by atoms with Crippen LogP contribution < -0.4 is 0 Å². The van der Waals surface area contributed by atoms with Crippen molar-refractivity contribution in [1.82, 2.24) is 19.9 Å². The van der Waals surface area contributed by atoms with Crippen LogP contribution in [0.1, 0.15) is 50.2 Å². The molecule has 0 unspecified atom stereocenters. The van der Waals surface area contributed by atoms with Gasteiger partial charge in [-0.3, -0.25) is 0 Å². The van der Waals surface area contributed by atoms with Gasteiger partial charge in [-0.05, 0) is 85.5 Å². The van der Waals surface area contributed by atoms with E-state index < -0.39 is 0 Å². The maximum atomic E-state index is 4.95. The Balaban J connectivity index is 1.21. The highest BCUT2D eigenvalue weighted by Gasteiger charge is 2.57. The van der Waals surface area contributed by atoms with Crippen molar-refractivity contribution in [2.24, 2.45) is 22.7 Å². The summed E-state index contributed by atoms with van der Waals surface area (Å²) < 4.78 is 0. The highest BCUT2D eigenvalue weighted by molar-refractivity contribution is 5.75. The molecule has 4 heteroatoms. The van der Waals surface area contributed by atoms with Gasteiger partial charge < -0.3 is 9.97 Å². The van der Waals surface area contributed by atoms with Gasteiger partial charge in [0.05, 0.1) is 22.1 Å². The normalized spacial score (nSPS) is 32.4. The SMILES string of the molecule is c1ccc2[nH]c(CC34CC5CC(C3)CC(Cc3nc6ccccc6[nH]3)(C5)C4)nc2c1. The molecular weight excluding hydrogens is 368 g/mol. The summed E-state index contributed by atoms with van der Waals surface area (Å²) in [5.41, 5.74) is 5.40. The minimum Gasteiger partial charge on any atom is -0.342 e. The van der Waals surface area contributed by atoms with Gasteiger partial charge in [-0.15, -0.1) is 0 Å². The third kappa shape index (κ3) is 2.65. The van der Waals surface area contributed by atoms with E-state index in [0.717, 1.165) is 35.7 Å². The van der Waals surface area contributed by atoms with Gasteiger partial charge in [-0.1, -0.05) is 24.3 Å². The van der Waals surface area contributed by atoms with E-state index in [1.807, 2.05) is 0 Å². The van der Waals surface area contributed by atoms with E-state index in [-0.39, 0.29) is 0 Å². The minimum absolute atomic E-state index is 0.421. The number of H-pyrrole nitrogens is 2. The van der Waals surface area contributed by atoms with Crippen LogP contribution >= 0.6 is 0 Å². The Bertz CT molecular complexity index is 1070. The third-order valence-corrected chi connectivity index (χ3v) is 8.27. The number of benzene rings is 2. The Kier molecular flexibility index (Phi) is 3.40. The summed E-state index contributed by atoms with van der Waals surface area (Å²) in [5.74, 6) is 4.16. The van der Waals surface area contributed by atoms with Gasteiger partial charge >= 0.3 is 0 Å². The van der Waals surface area contributed by atoms with Gasteiger partial charge in [0.25, 0.3) is 0 Å². The van der Waals surface area contributed by atoms with Crippen molar-refractivity contribution in [1.29, 1.82) is 0 Å². The Labute approximate surface area is 176 Å². The van der Waals surface area contributed by atoms with Crippen molar-refractivity contribution in [3.05, 3.63) is 60.2 Å². The first-order valence-electron chi connectivity index (χ1n) is 11.5. The highest BCUT2D eigenvalue weighted by atomic mass is 14.9. The molecule has 2 aromatic heterocycles. The third-order valence-electron chi connectivity index (χ3n) is 8.27. The molecule has 4 nitrogen and oxygen atoms in total. The first-order valence-corrected chi connectivity index (χ1v) is 11.5.